The summed E-state index contributed by atoms with van der Waals surface area (Å²) in [4.78, 5) is 22.9. The van der Waals surface area contributed by atoms with Crippen LogP contribution in [0.15, 0.2) is 24.5 Å². The number of nitrogens with zero attached hydrogens (tertiary/aromatic N) is 1. The maximum atomic E-state index is 11.7. The number of hydrogen-bond acceptors (Lipinski definition) is 2. The van der Waals surface area contributed by atoms with Crippen molar-refractivity contribution in [1.82, 2.24) is 5.32 Å². The van der Waals surface area contributed by atoms with Crippen LogP contribution >= 0.6 is 0 Å². The normalized spacial score (nSPS) is 10.4. The Labute approximate surface area is 108 Å². The van der Waals surface area contributed by atoms with E-state index in [2.05, 4.69) is 19.2 Å². The predicted molar refractivity (Wildman–Crippen MR) is 69.1 cm³/mol. The van der Waals surface area contributed by atoms with Crippen molar-refractivity contribution >= 4 is 11.7 Å². The van der Waals surface area contributed by atoms with Gasteiger partial charge in [0.05, 0.1) is 5.56 Å². The summed E-state index contributed by atoms with van der Waals surface area (Å²) in [6.45, 7) is 6.71. The molecule has 0 fully saturated rings. The fraction of sp³-hybridized carbons (Fsp3) is 0.500. The van der Waals surface area contributed by atoms with E-state index in [4.69, 9.17) is 0 Å². The molecule has 0 aliphatic heterocycles. The van der Waals surface area contributed by atoms with Gasteiger partial charge in [0, 0.05) is 12.6 Å². The summed E-state index contributed by atoms with van der Waals surface area (Å²) in [7, 11) is 0. The van der Waals surface area contributed by atoms with E-state index in [9.17, 15) is 9.59 Å². The van der Waals surface area contributed by atoms with Gasteiger partial charge in [-0.15, -0.1) is 0 Å². The topological polar surface area (TPSA) is 50.0 Å². The van der Waals surface area contributed by atoms with Crippen LogP contribution in [0.3, 0.4) is 0 Å². The molecule has 0 saturated heterocycles. The van der Waals surface area contributed by atoms with Crippen molar-refractivity contribution in [2.24, 2.45) is 5.92 Å². The van der Waals surface area contributed by atoms with E-state index in [0.29, 0.717) is 18.0 Å². The number of pyridine rings is 1. The lowest BCUT2D eigenvalue weighted by Gasteiger charge is -2.05. The Balaban J connectivity index is 2.49. The van der Waals surface area contributed by atoms with Crippen LogP contribution in [-0.4, -0.2) is 18.2 Å². The van der Waals surface area contributed by atoms with Crippen molar-refractivity contribution < 1.29 is 14.2 Å². The van der Waals surface area contributed by atoms with Gasteiger partial charge in [-0.3, -0.25) is 9.59 Å². The van der Waals surface area contributed by atoms with E-state index in [1.165, 1.54) is 6.92 Å². The first-order valence-electron chi connectivity index (χ1n) is 6.25. The smallest absolute Gasteiger partial charge is 0.285 e. The first kappa shape index (κ1) is 14.4. The molecule has 1 aromatic rings. The average Bonchev–Trinajstić information content (AvgIpc) is 2.28. The predicted octanol–water partition coefficient (Wildman–Crippen LogP) is 1.34. The number of amides is 1. The highest BCUT2D eigenvalue weighted by atomic mass is 16.2. The summed E-state index contributed by atoms with van der Waals surface area (Å²) in [6.07, 6.45) is 4.46. The van der Waals surface area contributed by atoms with Gasteiger partial charge in [0.1, 0.15) is 0 Å². The molecule has 98 valence electrons. The number of ketones is 1. The SMILES string of the molecule is CC(=O)c1ccc[n+](CC(=O)NCCC(C)C)c1. The van der Waals surface area contributed by atoms with Crippen molar-refractivity contribution in [3.63, 3.8) is 0 Å². The van der Waals surface area contributed by atoms with E-state index in [1.54, 1.807) is 29.1 Å². The van der Waals surface area contributed by atoms with Crippen LogP contribution in [0.5, 0.6) is 0 Å². The number of nitrogens with one attached hydrogen (secondary N) is 1. The van der Waals surface area contributed by atoms with Crippen LogP contribution in [0, 0.1) is 5.92 Å². The molecule has 1 aromatic heterocycles. The highest BCUT2D eigenvalue weighted by Gasteiger charge is 2.11. The molecule has 0 bridgehead atoms. The minimum atomic E-state index is -0.0265. The standard InChI is InChI=1S/C14H20N2O2/c1-11(2)6-7-15-14(18)10-16-8-4-5-13(9-16)12(3)17/h4-5,8-9,11H,6-7,10H2,1-3H3/p+1. The number of Topliss-reactive ketones (excluding diaryl/α,β-unsaturated/α-hetero) is 1. The molecule has 1 N–H and O–H groups in total. The van der Waals surface area contributed by atoms with Crippen LogP contribution in [-0.2, 0) is 11.3 Å². The molecule has 4 nitrogen and oxygen atoms in total. The summed E-state index contributed by atoms with van der Waals surface area (Å²) in [5.74, 6) is 0.560. The van der Waals surface area contributed by atoms with Gasteiger partial charge in [0.2, 0.25) is 6.54 Å². The van der Waals surface area contributed by atoms with Crippen LogP contribution in [0.1, 0.15) is 37.6 Å². The molecule has 0 saturated carbocycles. The number of carbonyl (C=O) groups is 2. The third kappa shape index (κ3) is 5.08. The molecule has 0 atom stereocenters. The molecule has 1 amide bonds. The fourth-order valence-corrected chi connectivity index (χ4v) is 1.55. The fourth-order valence-electron chi connectivity index (χ4n) is 1.55. The van der Waals surface area contributed by atoms with Crippen molar-refractivity contribution in [2.75, 3.05) is 6.54 Å². The summed E-state index contributed by atoms with van der Waals surface area (Å²) < 4.78 is 1.72. The molecular weight excluding hydrogens is 228 g/mol. The minimum absolute atomic E-state index is 0.00423. The molecule has 0 spiro atoms. The van der Waals surface area contributed by atoms with E-state index >= 15 is 0 Å². The molecule has 0 radical (unpaired) electrons. The summed E-state index contributed by atoms with van der Waals surface area (Å²) in [5.41, 5.74) is 0.618. The maximum Gasteiger partial charge on any atom is 0.285 e. The lowest BCUT2D eigenvalue weighted by molar-refractivity contribution is -0.684. The highest BCUT2D eigenvalue weighted by molar-refractivity contribution is 5.93. The van der Waals surface area contributed by atoms with Crippen molar-refractivity contribution in [2.45, 2.75) is 33.7 Å². The van der Waals surface area contributed by atoms with Crippen LogP contribution in [0.4, 0.5) is 0 Å². The third-order valence-corrected chi connectivity index (χ3v) is 2.63. The van der Waals surface area contributed by atoms with Gasteiger partial charge in [0.15, 0.2) is 18.2 Å². The van der Waals surface area contributed by atoms with Gasteiger partial charge >= 0.3 is 0 Å². The van der Waals surface area contributed by atoms with Gasteiger partial charge in [-0.05, 0) is 25.3 Å². The molecule has 0 aliphatic rings. The maximum absolute atomic E-state index is 11.7. The molecule has 18 heavy (non-hydrogen) atoms. The van der Waals surface area contributed by atoms with Gasteiger partial charge < -0.3 is 5.32 Å². The van der Waals surface area contributed by atoms with Crippen molar-refractivity contribution in [3.8, 4) is 0 Å². The summed E-state index contributed by atoms with van der Waals surface area (Å²) in [6, 6.07) is 3.52. The van der Waals surface area contributed by atoms with Crippen LogP contribution in [0.2, 0.25) is 0 Å². The van der Waals surface area contributed by atoms with Gasteiger partial charge in [-0.25, -0.2) is 0 Å². The number of carbonyl (C=O) groups excluding carboxylic acids is 2. The average molecular weight is 249 g/mol. The van der Waals surface area contributed by atoms with E-state index in [-0.39, 0.29) is 18.2 Å². The Hall–Kier alpha value is -1.71. The third-order valence-electron chi connectivity index (χ3n) is 2.63. The number of aromatic nitrogens is 1. The van der Waals surface area contributed by atoms with Gasteiger partial charge in [0.25, 0.3) is 5.91 Å². The Kier molecular flexibility index (Phi) is 5.49. The minimum Gasteiger partial charge on any atom is -0.351 e. The molecule has 4 heteroatoms. The second-order valence-corrected chi connectivity index (χ2v) is 4.85. The molecule has 0 aromatic carbocycles. The zero-order valence-electron chi connectivity index (χ0n) is 11.3. The Morgan fingerprint density at radius 1 is 1.39 bits per heavy atom. The van der Waals surface area contributed by atoms with E-state index in [0.717, 1.165) is 6.42 Å². The molecular formula is C14H21N2O2+. The quantitative estimate of drug-likeness (QED) is 0.611. The van der Waals surface area contributed by atoms with Crippen LogP contribution < -0.4 is 9.88 Å². The second-order valence-electron chi connectivity index (χ2n) is 4.85. The Morgan fingerprint density at radius 3 is 2.72 bits per heavy atom. The van der Waals surface area contributed by atoms with E-state index < -0.39 is 0 Å². The van der Waals surface area contributed by atoms with Crippen LogP contribution in [0.25, 0.3) is 0 Å². The van der Waals surface area contributed by atoms with Gasteiger partial charge in [-0.2, -0.15) is 4.57 Å². The molecule has 1 heterocycles. The lowest BCUT2D eigenvalue weighted by atomic mass is 10.1. The highest BCUT2D eigenvalue weighted by Crippen LogP contribution is 1.96. The Morgan fingerprint density at radius 2 is 2.11 bits per heavy atom. The first-order valence-corrected chi connectivity index (χ1v) is 6.25. The number of hydrogen-bond donors (Lipinski definition) is 1. The number of rotatable bonds is 6. The lowest BCUT2D eigenvalue weighted by Crippen LogP contribution is -2.43. The van der Waals surface area contributed by atoms with E-state index in [1.807, 2.05) is 0 Å². The second kappa shape index (κ2) is 6.89. The largest absolute Gasteiger partial charge is 0.351 e. The monoisotopic (exact) mass is 249 g/mol. The Bertz CT molecular complexity index is 428. The zero-order chi connectivity index (χ0) is 13.5. The van der Waals surface area contributed by atoms with Gasteiger partial charge in [-0.1, -0.05) is 13.8 Å². The first-order chi connectivity index (χ1) is 8.49. The van der Waals surface area contributed by atoms with Crippen molar-refractivity contribution in [1.29, 1.82) is 0 Å². The zero-order valence-corrected chi connectivity index (χ0v) is 11.3. The van der Waals surface area contributed by atoms with Crippen molar-refractivity contribution in [3.05, 3.63) is 30.1 Å². The summed E-state index contributed by atoms with van der Waals surface area (Å²) in [5, 5.41) is 2.87. The molecule has 1 rings (SSSR count). The summed E-state index contributed by atoms with van der Waals surface area (Å²) >= 11 is 0. The molecule has 0 aliphatic carbocycles. The molecule has 0 unspecified atom stereocenters.